The molecule has 96 valence electrons. The lowest BCUT2D eigenvalue weighted by atomic mass is 10.1. The van der Waals surface area contributed by atoms with E-state index in [2.05, 4.69) is 5.10 Å². The van der Waals surface area contributed by atoms with Crippen molar-refractivity contribution in [1.29, 1.82) is 0 Å². The lowest BCUT2D eigenvalue weighted by Crippen LogP contribution is -2.28. The SMILES string of the molecule is CCOC(=O)c1c(Cl)c(CC)nn1C(C)(C)C. The normalized spacial score (nSPS) is 11.6. The highest BCUT2D eigenvalue weighted by molar-refractivity contribution is 6.34. The fourth-order valence-corrected chi connectivity index (χ4v) is 1.86. The zero-order valence-corrected chi connectivity index (χ0v) is 11.8. The van der Waals surface area contributed by atoms with Crippen LogP contribution in [0.15, 0.2) is 0 Å². The molecule has 1 aromatic rings. The Kier molecular flexibility index (Phi) is 4.20. The van der Waals surface area contributed by atoms with Crippen LogP contribution in [-0.2, 0) is 16.7 Å². The molecular formula is C12H19ClN2O2. The maximum atomic E-state index is 11.9. The van der Waals surface area contributed by atoms with Crippen LogP contribution in [0.5, 0.6) is 0 Å². The second-order valence-electron chi connectivity index (χ2n) is 4.77. The van der Waals surface area contributed by atoms with Gasteiger partial charge in [0.15, 0.2) is 5.69 Å². The van der Waals surface area contributed by atoms with E-state index in [1.165, 1.54) is 0 Å². The summed E-state index contributed by atoms with van der Waals surface area (Å²) in [7, 11) is 0. The molecule has 1 heterocycles. The number of rotatable bonds is 3. The van der Waals surface area contributed by atoms with E-state index in [1.54, 1.807) is 11.6 Å². The van der Waals surface area contributed by atoms with Gasteiger partial charge in [-0.05, 0) is 34.1 Å². The molecule has 0 bridgehead atoms. The van der Waals surface area contributed by atoms with Gasteiger partial charge < -0.3 is 4.74 Å². The zero-order chi connectivity index (χ0) is 13.2. The van der Waals surface area contributed by atoms with E-state index < -0.39 is 5.97 Å². The van der Waals surface area contributed by atoms with Crippen LogP contribution in [0.25, 0.3) is 0 Å². The van der Waals surface area contributed by atoms with E-state index in [0.717, 1.165) is 5.69 Å². The number of carbonyl (C=O) groups excluding carboxylic acids is 1. The summed E-state index contributed by atoms with van der Waals surface area (Å²) in [6.07, 6.45) is 0.689. The summed E-state index contributed by atoms with van der Waals surface area (Å²) in [5.41, 5.74) is 0.765. The lowest BCUT2D eigenvalue weighted by molar-refractivity contribution is 0.0504. The molecule has 0 aromatic carbocycles. The molecule has 0 aliphatic rings. The molecule has 17 heavy (non-hydrogen) atoms. The minimum absolute atomic E-state index is 0.306. The van der Waals surface area contributed by atoms with E-state index in [1.807, 2.05) is 27.7 Å². The third kappa shape index (κ3) is 2.80. The molecule has 0 aliphatic carbocycles. The second-order valence-corrected chi connectivity index (χ2v) is 5.14. The highest BCUT2D eigenvalue weighted by Crippen LogP contribution is 2.27. The van der Waals surface area contributed by atoms with Crippen molar-refractivity contribution in [1.82, 2.24) is 9.78 Å². The van der Waals surface area contributed by atoms with Crippen LogP contribution in [-0.4, -0.2) is 22.4 Å². The van der Waals surface area contributed by atoms with Crippen LogP contribution in [0, 0.1) is 0 Å². The number of halogens is 1. The molecule has 5 heteroatoms. The van der Waals surface area contributed by atoms with Gasteiger partial charge in [-0.25, -0.2) is 4.79 Å². The smallest absolute Gasteiger partial charge is 0.358 e. The number of aromatic nitrogens is 2. The van der Waals surface area contributed by atoms with Crippen LogP contribution in [0.3, 0.4) is 0 Å². The zero-order valence-electron chi connectivity index (χ0n) is 11.0. The molecule has 0 saturated heterocycles. The summed E-state index contributed by atoms with van der Waals surface area (Å²) in [5, 5.41) is 4.79. The maximum absolute atomic E-state index is 11.9. The van der Waals surface area contributed by atoms with Crippen molar-refractivity contribution >= 4 is 17.6 Å². The van der Waals surface area contributed by atoms with E-state index in [4.69, 9.17) is 16.3 Å². The van der Waals surface area contributed by atoms with Gasteiger partial charge in [-0.15, -0.1) is 0 Å². The first-order chi connectivity index (χ1) is 7.82. The molecule has 1 aromatic heterocycles. The fourth-order valence-electron chi connectivity index (χ4n) is 1.53. The van der Waals surface area contributed by atoms with Crippen molar-refractivity contribution in [3.8, 4) is 0 Å². The van der Waals surface area contributed by atoms with Crippen molar-refractivity contribution in [2.24, 2.45) is 0 Å². The first-order valence-electron chi connectivity index (χ1n) is 5.77. The number of hydrogen-bond donors (Lipinski definition) is 0. The van der Waals surface area contributed by atoms with Crippen molar-refractivity contribution in [3.05, 3.63) is 16.4 Å². The summed E-state index contributed by atoms with van der Waals surface area (Å²) in [4.78, 5) is 11.9. The molecule has 0 saturated carbocycles. The molecular weight excluding hydrogens is 240 g/mol. The molecule has 0 radical (unpaired) electrons. The van der Waals surface area contributed by atoms with Gasteiger partial charge in [-0.1, -0.05) is 18.5 Å². The minimum atomic E-state index is -0.417. The summed E-state index contributed by atoms with van der Waals surface area (Å²) in [6, 6.07) is 0. The number of hydrogen-bond acceptors (Lipinski definition) is 3. The quantitative estimate of drug-likeness (QED) is 0.783. The van der Waals surface area contributed by atoms with Gasteiger partial charge in [-0.3, -0.25) is 4.68 Å². The molecule has 0 spiro atoms. The Balaban J connectivity index is 3.34. The Morgan fingerprint density at radius 3 is 2.41 bits per heavy atom. The highest BCUT2D eigenvalue weighted by Gasteiger charge is 2.28. The van der Waals surface area contributed by atoms with Crippen LogP contribution >= 0.6 is 11.6 Å². The van der Waals surface area contributed by atoms with E-state index in [9.17, 15) is 4.79 Å². The summed E-state index contributed by atoms with van der Waals surface area (Å²) >= 11 is 6.18. The van der Waals surface area contributed by atoms with Crippen LogP contribution in [0.2, 0.25) is 5.02 Å². The van der Waals surface area contributed by atoms with Gasteiger partial charge >= 0.3 is 5.97 Å². The van der Waals surface area contributed by atoms with Gasteiger partial charge in [-0.2, -0.15) is 5.10 Å². The number of ether oxygens (including phenoxy) is 1. The van der Waals surface area contributed by atoms with Gasteiger partial charge in [0.25, 0.3) is 0 Å². The van der Waals surface area contributed by atoms with Crippen molar-refractivity contribution in [3.63, 3.8) is 0 Å². The summed E-state index contributed by atoms with van der Waals surface area (Å²) in [5.74, 6) is -0.417. The second kappa shape index (κ2) is 5.08. The third-order valence-electron chi connectivity index (χ3n) is 2.33. The molecule has 0 unspecified atom stereocenters. The van der Waals surface area contributed by atoms with E-state index in [0.29, 0.717) is 23.7 Å². The van der Waals surface area contributed by atoms with Gasteiger partial charge in [0.1, 0.15) is 0 Å². The number of carbonyl (C=O) groups is 1. The van der Waals surface area contributed by atoms with Gasteiger partial charge in [0.05, 0.1) is 22.9 Å². The monoisotopic (exact) mass is 258 g/mol. The van der Waals surface area contributed by atoms with Gasteiger partial charge in [0, 0.05) is 0 Å². The summed E-state index contributed by atoms with van der Waals surface area (Å²) < 4.78 is 6.66. The number of esters is 1. The Labute approximate surface area is 107 Å². The molecule has 0 aliphatic heterocycles. The standard InChI is InChI=1S/C12H19ClN2O2/c1-6-8-9(13)10(11(16)17-7-2)15(14-8)12(3,4)5/h6-7H2,1-5H3. The Hall–Kier alpha value is -1.03. The van der Waals surface area contributed by atoms with Crippen LogP contribution < -0.4 is 0 Å². The predicted octanol–water partition coefficient (Wildman–Crippen LogP) is 3.03. The Morgan fingerprint density at radius 1 is 1.41 bits per heavy atom. The molecule has 0 fully saturated rings. The van der Waals surface area contributed by atoms with Crippen LogP contribution in [0.1, 0.15) is 50.8 Å². The van der Waals surface area contributed by atoms with Crippen molar-refractivity contribution < 1.29 is 9.53 Å². The lowest BCUT2D eigenvalue weighted by Gasteiger charge is -2.21. The average molecular weight is 259 g/mol. The first-order valence-corrected chi connectivity index (χ1v) is 6.15. The molecule has 0 amide bonds. The number of nitrogens with zero attached hydrogens (tertiary/aromatic N) is 2. The maximum Gasteiger partial charge on any atom is 0.358 e. The Bertz CT molecular complexity index is 419. The minimum Gasteiger partial charge on any atom is -0.461 e. The molecule has 0 atom stereocenters. The Morgan fingerprint density at radius 2 is 2.00 bits per heavy atom. The van der Waals surface area contributed by atoms with E-state index >= 15 is 0 Å². The number of aryl methyl sites for hydroxylation is 1. The van der Waals surface area contributed by atoms with E-state index in [-0.39, 0.29) is 5.54 Å². The van der Waals surface area contributed by atoms with Crippen LogP contribution in [0.4, 0.5) is 0 Å². The predicted molar refractivity (Wildman–Crippen MR) is 67.6 cm³/mol. The summed E-state index contributed by atoms with van der Waals surface area (Å²) in [6.45, 7) is 9.96. The molecule has 0 N–H and O–H groups in total. The largest absolute Gasteiger partial charge is 0.461 e. The fraction of sp³-hybridized carbons (Fsp3) is 0.667. The van der Waals surface area contributed by atoms with Gasteiger partial charge in [0.2, 0.25) is 0 Å². The average Bonchev–Trinajstić information content (AvgIpc) is 2.55. The van der Waals surface area contributed by atoms with Crippen molar-refractivity contribution in [2.45, 2.75) is 46.6 Å². The van der Waals surface area contributed by atoms with Crippen molar-refractivity contribution in [2.75, 3.05) is 6.61 Å². The first kappa shape index (κ1) is 14.0. The molecule has 4 nitrogen and oxygen atoms in total. The molecule has 1 rings (SSSR count). The highest BCUT2D eigenvalue weighted by atomic mass is 35.5. The topological polar surface area (TPSA) is 44.1 Å². The third-order valence-corrected chi connectivity index (χ3v) is 2.73.